The van der Waals surface area contributed by atoms with Crippen LogP contribution in [-0.2, 0) is 27.7 Å². The van der Waals surface area contributed by atoms with Gasteiger partial charge in [-0.3, -0.25) is 4.79 Å². The first-order valence-electron chi connectivity index (χ1n) is 11.0. The van der Waals surface area contributed by atoms with Gasteiger partial charge in [0.15, 0.2) is 0 Å². The van der Waals surface area contributed by atoms with Gasteiger partial charge in [-0.25, -0.2) is 8.42 Å². The zero-order valence-electron chi connectivity index (χ0n) is 17.8. The molecule has 32 heavy (non-hydrogen) atoms. The van der Waals surface area contributed by atoms with Gasteiger partial charge in [-0.2, -0.15) is 4.31 Å². The van der Waals surface area contributed by atoms with Crippen LogP contribution in [0.25, 0.3) is 0 Å². The molecule has 8 heteroatoms. The molecule has 2 aromatic heterocycles. The lowest BCUT2D eigenvalue weighted by Crippen LogP contribution is -2.39. The van der Waals surface area contributed by atoms with Gasteiger partial charge in [-0.1, -0.05) is 18.2 Å². The molecule has 3 aromatic rings. The molecule has 1 amide bonds. The first-order chi connectivity index (χ1) is 15.5. The Bertz CT molecular complexity index is 1180. The molecule has 0 bridgehead atoms. The van der Waals surface area contributed by atoms with Crippen molar-refractivity contribution < 1.29 is 13.2 Å². The quantitative estimate of drug-likeness (QED) is 0.507. The van der Waals surface area contributed by atoms with Gasteiger partial charge >= 0.3 is 0 Å². The van der Waals surface area contributed by atoms with Gasteiger partial charge in [0.2, 0.25) is 15.9 Å². The van der Waals surface area contributed by atoms with Crippen molar-refractivity contribution in [3.05, 3.63) is 74.1 Å². The summed E-state index contributed by atoms with van der Waals surface area (Å²) in [6.45, 7) is 1.94. The van der Waals surface area contributed by atoms with E-state index in [-0.39, 0.29) is 11.9 Å². The highest BCUT2D eigenvalue weighted by Gasteiger charge is 2.33. The predicted molar refractivity (Wildman–Crippen MR) is 129 cm³/mol. The fourth-order valence-corrected chi connectivity index (χ4v) is 7.91. The maximum atomic E-state index is 13.2. The molecule has 0 radical (unpaired) electrons. The Morgan fingerprint density at radius 2 is 1.75 bits per heavy atom. The summed E-state index contributed by atoms with van der Waals surface area (Å²) in [5.41, 5.74) is 2.24. The number of carbonyl (C=O) groups is 1. The Hall–Kier alpha value is -2.00. The van der Waals surface area contributed by atoms with E-state index in [0.29, 0.717) is 30.8 Å². The zero-order valence-corrected chi connectivity index (χ0v) is 20.2. The van der Waals surface area contributed by atoms with Crippen LogP contribution in [0.5, 0.6) is 0 Å². The van der Waals surface area contributed by atoms with E-state index in [2.05, 4.69) is 22.9 Å². The van der Waals surface area contributed by atoms with E-state index in [0.717, 1.165) is 31.4 Å². The van der Waals surface area contributed by atoms with Crippen LogP contribution in [0.1, 0.15) is 46.2 Å². The lowest BCUT2D eigenvalue weighted by atomic mass is 9.97. The van der Waals surface area contributed by atoms with Gasteiger partial charge in [-0.05, 0) is 71.8 Å². The van der Waals surface area contributed by atoms with Crippen LogP contribution in [-0.4, -0.2) is 43.2 Å². The van der Waals surface area contributed by atoms with Crippen LogP contribution in [0.4, 0.5) is 0 Å². The number of nitrogens with zero attached hydrogens (tertiary/aromatic N) is 2. The summed E-state index contributed by atoms with van der Waals surface area (Å²) in [5.74, 6) is 0.147. The molecule has 5 rings (SSSR count). The van der Waals surface area contributed by atoms with E-state index < -0.39 is 10.0 Å². The molecule has 1 aromatic carbocycles. The van der Waals surface area contributed by atoms with Crippen molar-refractivity contribution >= 4 is 38.6 Å². The minimum absolute atomic E-state index is 0.00507. The van der Waals surface area contributed by atoms with Crippen molar-refractivity contribution in [1.82, 2.24) is 9.21 Å². The minimum Gasteiger partial charge on any atom is -0.330 e. The van der Waals surface area contributed by atoms with Crippen LogP contribution in [0.15, 0.2) is 58.1 Å². The third-order valence-corrected chi connectivity index (χ3v) is 10.2. The van der Waals surface area contributed by atoms with E-state index in [1.54, 1.807) is 39.1 Å². The number of hydrogen-bond donors (Lipinski definition) is 0. The molecule has 4 heterocycles. The summed E-state index contributed by atoms with van der Waals surface area (Å²) < 4.78 is 27.0. The molecule has 5 nitrogen and oxygen atoms in total. The second-order valence-electron chi connectivity index (χ2n) is 8.31. The smallest absolute Gasteiger partial charge is 0.243 e. The maximum absolute atomic E-state index is 13.2. The second-order valence-corrected chi connectivity index (χ2v) is 12.2. The lowest BCUT2D eigenvalue weighted by Gasteiger charge is -2.35. The Labute approximate surface area is 197 Å². The van der Waals surface area contributed by atoms with Gasteiger partial charge in [0.05, 0.1) is 10.9 Å². The van der Waals surface area contributed by atoms with Crippen LogP contribution in [0.3, 0.4) is 0 Å². The van der Waals surface area contributed by atoms with E-state index in [4.69, 9.17) is 0 Å². The first kappa shape index (κ1) is 21.8. The molecule has 2 aliphatic heterocycles. The van der Waals surface area contributed by atoms with Gasteiger partial charge in [0.25, 0.3) is 0 Å². The van der Waals surface area contributed by atoms with Gasteiger partial charge < -0.3 is 4.90 Å². The number of benzene rings is 1. The third-order valence-electron chi connectivity index (χ3n) is 6.35. The van der Waals surface area contributed by atoms with Crippen molar-refractivity contribution in [2.75, 3.05) is 19.6 Å². The van der Waals surface area contributed by atoms with Gasteiger partial charge in [0.1, 0.15) is 0 Å². The number of thiophene rings is 2. The highest BCUT2D eigenvalue weighted by atomic mass is 32.2. The topological polar surface area (TPSA) is 57.7 Å². The summed E-state index contributed by atoms with van der Waals surface area (Å²) in [6.07, 6.45) is 3.78. The van der Waals surface area contributed by atoms with Crippen LogP contribution in [0.2, 0.25) is 0 Å². The van der Waals surface area contributed by atoms with Crippen LogP contribution < -0.4 is 0 Å². The molecule has 1 unspecified atom stereocenters. The third kappa shape index (κ3) is 4.17. The van der Waals surface area contributed by atoms with E-state index in [1.807, 2.05) is 23.1 Å². The highest BCUT2D eigenvalue weighted by molar-refractivity contribution is 7.89. The summed E-state index contributed by atoms with van der Waals surface area (Å²) >= 11 is 3.47. The fraction of sp³-hybridized carbons (Fsp3) is 0.375. The number of amides is 1. The number of rotatable bonds is 6. The number of sulfonamides is 1. The molecule has 168 valence electrons. The summed E-state index contributed by atoms with van der Waals surface area (Å²) in [6, 6.07) is 13.4. The molecule has 0 N–H and O–H groups in total. The molecule has 0 saturated carbocycles. The molecule has 2 aliphatic rings. The fourth-order valence-electron chi connectivity index (χ4n) is 4.64. The standard InChI is InChI=1S/C24H26N2O3S3/c27-23(26-15-11-21-20(12-17-31-21)24(26)22-4-3-16-30-22)10-7-18-5-8-19(9-6-18)32(28,29)25-13-1-2-14-25/h3-6,8-9,12,16-17,24H,1-2,7,10-11,13-15H2. The number of hydrogen-bond acceptors (Lipinski definition) is 5. The Balaban J connectivity index is 1.27. The van der Waals surface area contributed by atoms with Crippen molar-refractivity contribution in [3.8, 4) is 0 Å². The summed E-state index contributed by atoms with van der Waals surface area (Å²) in [5, 5.41) is 4.19. The number of aryl methyl sites for hydroxylation is 1. The molecule has 1 saturated heterocycles. The van der Waals surface area contributed by atoms with Crippen LogP contribution >= 0.6 is 22.7 Å². The Morgan fingerprint density at radius 1 is 0.969 bits per heavy atom. The van der Waals surface area contributed by atoms with Crippen molar-refractivity contribution in [2.45, 2.75) is 43.0 Å². The van der Waals surface area contributed by atoms with Crippen molar-refractivity contribution in [2.24, 2.45) is 0 Å². The molecule has 1 atom stereocenters. The predicted octanol–water partition coefficient (Wildman–Crippen LogP) is 4.70. The Kier molecular flexibility index (Phi) is 6.20. The van der Waals surface area contributed by atoms with Crippen molar-refractivity contribution in [3.63, 3.8) is 0 Å². The van der Waals surface area contributed by atoms with Gasteiger partial charge in [-0.15, -0.1) is 22.7 Å². The minimum atomic E-state index is -3.40. The average molecular weight is 487 g/mol. The molecular formula is C24H26N2O3S3. The van der Waals surface area contributed by atoms with E-state index in [9.17, 15) is 13.2 Å². The normalized spacial score (nSPS) is 19.2. The summed E-state index contributed by atoms with van der Waals surface area (Å²) in [4.78, 5) is 18.2. The molecular weight excluding hydrogens is 460 g/mol. The molecule has 0 aliphatic carbocycles. The maximum Gasteiger partial charge on any atom is 0.243 e. The largest absolute Gasteiger partial charge is 0.330 e. The lowest BCUT2D eigenvalue weighted by molar-refractivity contribution is -0.133. The van der Waals surface area contributed by atoms with E-state index >= 15 is 0 Å². The molecule has 1 fully saturated rings. The van der Waals surface area contributed by atoms with Crippen LogP contribution in [0, 0.1) is 0 Å². The number of carbonyl (C=O) groups excluding carboxylic acids is 1. The first-order valence-corrected chi connectivity index (χ1v) is 14.2. The number of fused-ring (bicyclic) bond motifs is 1. The van der Waals surface area contributed by atoms with Crippen molar-refractivity contribution in [1.29, 1.82) is 0 Å². The zero-order chi connectivity index (χ0) is 22.1. The summed E-state index contributed by atoms with van der Waals surface area (Å²) in [7, 11) is -3.40. The van der Waals surface area contributed by atoms with E-state index in [1.165, 1.54) is 15.3 Å². The Morgan fingerprint density at radius 3 is 2.47 bits per heavy atom. The molecule has 0 spiro atoms. The highest BCUT2D eigenvalue weighted by Crippen LogP contribution is 2.39. The monoisotopic (exact) mass is 486 g/mol. The average Bonchev–Trinajstić information content (AvgIpc) is 3.58. The SMILES string of the molecule is O=C(CCc1ccc(S(=O)(=O)N2CCCC2)cc1)N1CCc2sccc2C1c1cccs1. The second kappa shape index (κ2) is 9.09. The van der Waals surface area contributed by atoms with Gasteiger partial charge in [0, 0.05) is 35.8 Å².